The van der Waals surface area contributed by atoms with Crippen LogP contribution in [0, 0.1) is 0 Å². The summed E-state index contributed by atoms with van der Waals surface area (Å²) in [6.07, 6.45) is 4.35. The number of rotatable bonds is 12. The smallest absolute Gasteiger partial charge is 0.264 e. The maximum atomic E-state index is 14.2. The number of nitrogens with one attached hydrogen (secondary N) is 1. The third kappa shape index (κ3) is 7.72. The number of hydrogen-bond donors (Lipinski definition) is 1. The Morgan fingerprint density at radius 1 is 0.929 bits per heavy atom. The maximum absolute atomic E-state index is 14.2. The van der Waals surface area contributed by atoms with Gasteiger partial charge in [-0.2, -0.15) is 0 Å². The minimum Gasteiger partial charge on any atom is -0.352 e. The molecular weight excluding hydrogens is 570 g/mol. The number of nitrogens with zero attached hydrogens (tertiary/aromatic N) is 2. The van der Waals surface area contributed by atoms with E-state index in [2.05, 4.69) is 19.2 Å². The number of benzene rings is 3. The maximum Gasteiger partial charge on any atom is 0.264 e. The molecule has 2 amide bonds. The summed E-state index contributed by atoms with van der Waals surface area (Å²) in [6, 6.07) is 21.7. The lowest BCUT2D eigenvalue weighted by Gasteiger charge is -2.34. The Hall–Kier alpha value is -3.36. The third-order valence-corrected chi connectivity index (χ3v) is 9.85. The normalized spacial score (nSPS) is 14.5. The van der Waals surface area contributed by atoms with Gasteiger partial charge < -0.3 is 10.2 Å². The lowest BCUT2D eigenvalue weighted by atomic mass is 10.0. The van der Waals surface area contributed by atoms with Crippen molar-refractivity contribution in [1.29, 1.82) is 0 Å². The fourth-order valence-corrected chi connectivity index (χ4v) is 6.91. The minimum atomic E-state index is -4.10. The zero-order valence-corrected chi connectivity index (χ0v) is 26.1. The number of sulfonamides is 1. The van der Waals surface area contributed by atoms with Crippen molar-refractivity contribution in [3.05, 3.63) is 95.0 Å². The van der Waals surface area contributed by atoms with Crippen molar-refractivity contribution in [2.75, 3.05) is 10.8 Å². The fourth-order valence-electron chi connectivity index (χ4n) is 5.35. The summed E-state index contributed by atoms with van der Waals surface area (Å²) < 4.78 is 29.1. The summed E-state index contributed by atoms with van der Waals surface area (Å²) in [4.78, 5) is 29.3. The van der Waals surface area contributed by atoms with Crippen molar-refractivity contribution in [1.82, 2.24) is 10.2 Å². The van der Waals surface area contributed by atoms with E-state index in [9.17, 15) is 18.0 Å². The van der Waals surface area contributed by atoms with E-state index in [1.807, 2.05) is 31.2 Å². The van der Waals surface area contributed by atoms with Gasteiger partial charge in [0.2, 0.25) is 11.8 Å². The van der Waals surface area contributed by atoms with Gasteiger partial charge in [0, 0.05) is 17.6 Å². The van der Waals surface area contributed by atoms with Gasteiger partial charge in [0.25, 0.3) is 10.0 Å². The highest BCUT2D eigenvalue weighted by Crippen LogP contribution is 2.27. The van der Waals surface area contributed by atoms with Gasteiger partial charge in [0.05, 0.1) is 10.6 Å². The molecule has 0 spiro atoms. The summed E-state index contributed by atoms with van der Waals surface area (Å²) in [7, 11) is -4.10. The van der Waals surface area contributed by atoms with E-state index < -0.39 is 28.5 Å². The van der Waals surface area contributed by atoms with Gasteiger partial charge in [-0.3, -0.25) is 13.9 Å². The highest BCUT2D eigenvalue weighted by Gasteiger charge is 2.34. The molecule has 9 heteroatoms. The van der Waals surface area contributed by atoms with E-state index in [1.54, 1.807) is 42.5 Å². The van der Waals surface area contributed by atoms with Gasteiger partial charge in [-0.25, -0.2) is 8.42 Å². The number of halogens is 1. The van der Waals surface area contributed by atoms with Gasteiger partial charge >= 0.3 is 0 Å². The van der Waals surface area contributed by atoms with Gasteiger partial charge in [0.1, 0.15) is 12.6 Å². The number of carbonyl (C=O) groups excluding carboxylic acids is 2. The molecule has 1 atom stereocenters. The molecule has 0 heterocycles. The van der Waals surface area contributed by atoms with E-state index >= 15 is 0 Å². The molecule has 1 fully saturated rings. The zero-order chi connectivity index (χ0) is 30.3. The van der Waals surface area contributed by atoms with Gasteiger partial charge in [-0.05, 0) is 72.7 Å². The molecule has 224 valence electrons. The number of hydrogen-bond acceptors (Lipinski definition) is 4. The first-order valence-electron chi connectivity index (χ1n) is 14.6. The van der Waals surface area contributed by atoms with Crippen LogP contribution in [0.25, 0.3) is 0 Å². The number of carbonyl (C=O) groups is 2. The average Bonchev–Trinajstić information content (AvgIpc) is 3.50. The summed E-state index contributed by atoms with van der Waals surface area (Å²) >= 11 is 6.10. The van der Waals surface area contributed by atoms with Crippen molar-refractivity contribution in [2.24, 2.45) is 0 Å². The van der Waals surface area contributed by atoms with Gasteiger partial charge in [-0.15, -0.1) is 0 Å². The molecule has 0 saturated heterocycles. The first-order chi connectivity index (χ1) is 20.1. The molecule has 1 aliphatic carbocycles. The molecule has 42 heavy (non-hydrogen) atoms. The van der Waals surface area contributed by atoms with E-state index in [4.69, 9.17) is 11.6 Å². The molecule has 0 aromatic heterocycles. The Kier molecular flexibility index (Phi) is 10.7. The molecule has 1 saturated carbocycles. The van der Waals surface area contributed by atoms with Crippen LogP contribution in [0.1, 0.15) is 69.9 Å². The van der Waals surface area contributed by atoms with Crippen molar-refractivity contribution < 1.29 is 18.0 Å². The van der Waals surface area contributed by atoms with Crippen LogP contribution in [0.15, 0.2) is 83.8 Å². The molecule has 1 aliphatic rings. The second-order valence-corrected chi connectivity index (χ2v) is 13.4. The van der Waals surface area contributed by atoms with Gasteiger partial charge in [0.15, 0.2) is 0 Å². The SMILES string of the molecule is CCC(C(=O)NC1CCCC1)N(Cc1ccc(Cl)cc1)C(=O)CN(c1ccc(C(C)C)cc1)S(=O)(=O)c1ccccc1. The molecule has 7 nitrogen and oxygen atoms in total. The van der Waals surface area contributed by atoms with E-state index in [1.165, 1.54) is 17.0 Å². The van der Waals surface area contributed by atoms with E-state index in [-0.39, 0.29) is 29.3 Å². The van der Waals surface area contributed by atoms with Crippen LogP contribution in [0.2, 0.25) is 5.02 Å². The molecule has 1 unspecified atom stereocenters. The van der Waals surface area contributed by atoms with Crippen molar-refractivity contribution in [3.63, 3.8) is 0 Å². The molecule has 4 rings (SSSR count). The Labute approximate surface area is 254 Å². The van der Waals surface area contributed by atoms with Crippen molar-refractivity contribution in [2.45, 2.75) is 82.3 Å². The summed E-state index contributed by atoms with van der Waals surface area (Å²) in [5.74, 6) is -0.422. The van der Waals surface area contributed by atoms with Crippen LogP contribution >= 0.6 is 11.6 Å². The van der Waals surface area contributed by atoms with E-state index in [0.717, 1.165) is 41.1 Å². The summed E-state index contributed by atoms with van der Waals surface area (Å²) in [5, 5.41) is 3.69. The fraction of sp³-hybridized carbons (Fsp3) is 0.394. The quantitative estimate of drug-likeness (QED) is 0.253. The predicted octanol–water partition coefficient (Wildman–Crippen LogP) is 6.52. The number of anilines is 1. The third-order valence-electron chi connectivity index (χ3n) is 7.81. The molecule has 1 N–H and O–H groups in total. The lowest BCUT2D eigenvalue weighted by Crippen LogP contribution is -2.53. The Morgan fingerprint density at radius 2 is 1.55 bits per heavy atom. The standard InChI is InChI=1S/C33H40ClN3O4S/c1-4-31(33(39)35-28-10-8-9-11-28)36(22-25-14-18-27(34)19-15-25)32(38)23-37(29-20-16-26(17-21-29)24(2)3)42(40,41)30-12-6-5-7-13-30/h5-7,12-21,24,28,31H,4,8-11,22-23H2,1-3H3,(H,35,39). The first kappa shape index (κ1) is 31.6. The van der Waals surface area contributed by atoms with Crippen LogP contribution < -0.4 is 9.62 Å². The van der Waals surface area contributed by atoms with Crippen LogP contribution in [0.5, 0.6) is 0 Å². The molecule has 0 aliphatic heterocycles. The minimum absolute atomic E-state index is 0.0843. The molecule has 0 bridgehead atoms. The topological polar surface area (TPSA) is 86.8 Å². The summed E-state index contributed by atoms with van der Waals surface area (Å²) in [5.41, 5.74) is 2.23. The van der Waals surface area contributed by atoms with Crippen molar-refractivity contribution >= 4 is 39.1 Å². The second-order valence-electron chi connectivity index (χ2n) is 11.1. The second kappa shape index (κ2) is 14.2. The van der Waals surface area contributed by atoms with Crippen molar-refractivity contribution in [3.8, 4) is 0 Å². The Morgan fingerprint density at radius 3 is 2.12 bits per heavy atom. The number of amides is 2. The highest BCUT2D eigenvalue weighted by molar-refractivity contribution is 7.92. The van der Waals surface area contributed by atoms with E-state index in [0.29, 0.717) is 17.1 Å². The van der Waals surface area contributed by atoms with Gasteiger partial charge in [-0.1, -0.05) is 87.7 Å². The Balaban J connectivity index is 1.71. The zero-order valence-electron chi connectivity index (χ0n) is 24.5. The molecule has 3 aromatic carbocycles. The van der Waals surface area contributed by atoms with Crippen LogP contribution in [-0.4, -0.2) is 43.8 Å². The van der Waals surface area contributed by atoms with Crippen LogP contribution in [0.4, 0.5) is 5.69 Å². The average molecular weight is 610 g/mol. The van der Waals surface area contributed by atoms with Crippen LogP contribution in [-0.2, 0) is 26.2 Å². The molecule has 0 radical (unpaired) electrons. The summed E-state index contributed by atoms with van der Waals surface area (Å²) in [6.45, 7) is 5.67. The Bertz CT molecular complexity index is 1440. The molecule has 3 aromatic rings. The molecular formula is C33H40ClN3O4S. The first-order valence-corrected chi connectivity index (χ1v) is 16.4. The largest absolute Gasteiger partial charge is 0.352 e. The highest BCUT2D eigenvalue weighted by atomic mass is 35.5. The van der Waals surface area contributed by atoms with Crippen LogP contribution in [0.3, 0.4) is 0 Å². The lowest BCUT2D eigenvalue weighted by molar-refractivity contribution is -0.140. The monoisotopic (exact) mass is 609 g/mol. The predicted molar refractivity (Wildman–Crippen MR) is 168 cm³/mol.